The van der Waals surface area contributed by atoms with Gasteiger partial charge in [-0.1, -0.05) is 18.3 Å². The van der Waals surface area contributed by atoms with Crippen LogP contribution in [0.25, 0.3) is 16.8 Å². The number of hydrogen-bond acceptors (Lipinski definition) is 9. The van der Waals surface area contributed by atoms with Crippen molar-refractivity contribution in [1.29, 1.82) is 5.26 Å². The minimum Gasteiger partial charge on any atom is -0.465 e. The Morgan fingerprint density at radius 1 is 1.23 bits per heavy atom. The number of nitrogens with zero attached hydrogens (tertiary/aromatic N) is 7. The smallest absolute Gasteiger partial charge is 0.320 e. The maximum Gasteiger partial charge on any atom is 0.320 e. The zero-order valence-electron chi connectivity index (χ0n) is 25.0. The molecule has 3 aromatic heterocycles. The quantitative estimate of drug-likeness (QED) is 0.285. The normalized spacial score (nSPS) is 15.4. The van der Waals surface area contributed by atoms with E-state index in [1.807, 2.05) is 16.7 Å². The van der Waals surface area contributed by atoms with E-state index in [1.54, 1.807) is 13.0 Å². The molecule has 0 N–H and O–H groups in total. The molecule has 1 aliphatic heterocycles. The van der Waals surface area contributed by atoms with Crippen molar-refractivity contribution in [2.24, 2.45) is 0 Å². The molecule has 0 bridgehead atoms. The Kier molecular flexibility index (Phi) is 6.88. The molecule has 0 aliphatic carbocycles. The molecule has 0 radical (unpaired) electrons. The van der Waals surface area contributed by atoms with Crippen molar-refractivity contribution < 1.29 is 22.4 Å². The zero-order chi connectivity index (χ0) is 30.9. The Balaban J connectivity index is 1.56. The Morgan fingerprint density at radius 2 is 1.98 bits per heavy atom. The first-order valence-corrected chi connectivity index (χ1v) is 13.7. The fourth-order valence-corrected chi connectivity index (χ4v) is 5.54. The van der Waals surface area contributed by atoms with Gasteiger partial charge in [0.2, 0.25) is 0 Å². The number of thiazole rings is 1. The number of hydrogen-bond donors (Lipinski definition) is 0. The molecule has 1 aliphatic rings. The van der Waals surface area contributed by atoms with Crippen LogP contribution in [0.4, 0.5) is 25.3 Å². The van der Waals surface area contributed by atoms with Crippen LogP contribution in [0.3, 0.4) is 0 Å². The molecule has 0 spiro atoms. The van der Waals surface area contributed by atoms with E-state index in [4.69, 9.17) is 8.85 Å². The Labute approximate surface area is 239 Å². The van der Waals surface area contributed by atoms with Crippen LogP contribution in [0.2, 0.25) is 0 Å². The first-order chi connectivity index (χ1) is 20.5. The summed E-state index contributed by atoms with van der Waals surface area (Å²) < 4.78 is 60.7. The molecule has 1 saturated heterocycles. The molecule has 0 unspecified atom stereocenters. The summed E-state index contributed by atoms with van der Waals surface area (Å²) in [6.07, 6.45) is 1.57. The second-order valence-corrected chi connectivity index (χ2v) is 10.2. The van der Waals surface area contributed by atoms with E-state index in [9.17, 15) is 14.4 Å². The Hall–Kier alpha value is -4.08. The molecular weight excluding hydrogens is 536 g/mol. The van der Waals surface area contributed by atoms with Gasteiger partial charge in [0.25, 0.3) is 0 Å². The summed E-state index contributed by atoms with van der Waals surface area (Å²) in [5.74, 6) is -1.29. The van der Waals surface area contributed by atoms with Crippen LogP contribution in [0.15, 0.2) is 36.5 Å². The van der Waals surface area contributed by atoms with Crippen molar-refractivity contribution in [3.63, 3.8) is 0 Å². The van der Waals surface area contributed by atoms with Gasteiger partial charge in [-0.05, 0) is 43.7 Å². The minimum absolute atomic E-state index is 0.0268. The maximum atomic E-state index is 15.4. The second kappa shape index (κ2) is 11.6. The molecule has 0 amide bonds. The number of piperazine rings is 1. The van der Waals surface area contributed by atoms with Crippen LogP contribution in [-0.2, 0) is 16.0 Å². The molecule has 1 aromatic carbocycles. The number of aromatic nitrogens is 3. The van der Waals surface area contributed by atoms with E-state index >= 15 is 4.39 Å². The van der Waals surface area contributed by atoms with Crippen LogP contribution < -0.4 is 9.80 Å². The summed E-state index contributed by atoms with van der Waals surface area (Å²) in [5, 5.41) is 14.4. The van der Waals surface area contributed by atoms with Gasteiger partial charge in [-0.25, -0.2) is 18.3 Å². The van der Waals surface area contributed by atoms with Crippen molar-refractivity contribution in [2.75, 3.05) is 56.1 Å². The number of benzene rings is 1. The number of carbonyl (C=O) groups excluding carboxylic acids is 1. The lowest BCUT2D eigenvalue weighted by molar-refractivity contribution is -0.144. The molecule has 9 nitrogen and oxygen atoms in total. The van der Waals surface area contributed by atoms with Crippen molar-refractivity contribution in [2.45, 2.75) is 20.3 Å². The predicted octanol–water partition coefficient (Wildman–Crippen LogP) is 4.62. The topological polar surface area (TPSA) is 90.0 Å². The molecule has 4 heterocycles. The lowest BCUT2D eigenvalue weighted by atomic mass is 10.1. The summed E-state index contributed by atoms with van der Waals surface area (Å²) >= 11 is 0.898. The number of pyridine rings is 1. The highest BCUT2D eigenvalue weighted by atomic mass is 32.1. The minimum atomic E-state index is -2.74. The van der Waals surface area contributed by atoms with Gasteiger partial charge in [0, 0.05) is 42.8 Å². The van der Waals surface area contributed by atoms with E-state index in [-0.39, 0.29) is 39.6 Å². The third-order valence-corrected chi connectivity index (χ3v) is 7.65. The van der Waals surface area contributed by atoms with Crippen molar-refractivity contribution in [3.8, 4) is 17.3 Å². The second-order valence-electron chi connectivity index (χ2n) is 9.18. The van der Waals surface area contributed by atoms with Crippen LogP contribution in [-0.4, -0.2) is 71.8 Å². The Morgan fingerprint density at radius 3 is 2.62 bits per heavy atom. The molecule has 5 rings (SSSR count). The van der Waals surface area contributed by atoms with Gasteiger partial charge >= 0.3 is 5.97 Å². The Bertz CT molecular complexity index is 1680. The van der Waals surface area contributed by atoms with Crippen LogP contribution in [0, 0.1) is 23.0 Å². The fraction of sp³-hybridized carbons (Fsp3) is 0.357. The number of anilines is 3. The van der Waals surface area contributed by atoms with Gasteiger partial charge in [-0.15, -0.1) is 0 Å². The third-order valence-electron chi connectivity index (χ3n) is 6.70. The van der Waals surface area contributed by atoms with Crippen LogP contribution in [0.5, 0.6) is 0 Å². The summed E-state index contributed by atoms with van der Waals surface area (Å²) in [6.45, 7) is 3.19. The number of rotatable bonds is 8. The van der Waals surface area contributed by atoms with E-state index < -0.39 is 18.6 Å². The molecule has 1 fully saturated rings. The lowest BCUT2D eigenvalue weighted by Crippen LogP contribution is -2.48. The highest BCUT2D eigenvalue weighted by Gasteiger charge is 2.26. The number of esters is 1. The van der Waals surface area contributed by atoms with Gasteiger partial charge in [0.15, 0.2) is 10.9 Å². The first-order valence-electron chi connectivity index (χ1n) is 14.3. The fourth-order valence-electron chi connectivity index (χ4n) is 4.73. The largest absolute Gasteiger partial charge is 0.465 e. The standard InChI is InChI=1S/C28H29F2N7O2S/c1-4-21-27(34(3)28-32-26(24(15-31)40-28)18-6-8-19(29)9-7-18)23-14-22(20(30)16-37(23)33-21)36-12-10-35(11-13-36)17-25(38)39-5-2/h6-9,14,16H,4-5,10-13,17H2,1-3H3/i3D3. The van der Waals surface area contributed by atoms with E-state index in [0.29, 0.717) is 56.0 Å². The van der Waals surface area contributed by atoms with E-state index in [1.165, 1.54) is 35.0 Å². The number of carbonyl (C=O) groups is 1. The summed E-state index contributed by atoms with van der Waals surface area (Å²) in [6, 6.07) is 9.08. The number of fused-ring (bicyclic) bond motifs is 1. The first kappa shape index (κ1) is 23.8. The molecule has 40 heavy (non-hydrogen) atoms. The van der Waals surface area contributed by atoms with Crippen molar-refractivity contribution in [1.82, 2.24) is 19.5 Å². The van der Waals surface area contributed by atoms with E-state index in [2.05, 4.69) is 16.2 Å². The summed E-state index contributed by atoms with van der Waals surface area (Å²) in [4.78, 5) is 21.4. The average Bonchev–Trinajstić information content (AvgIpc) is 3.54. The maximum absolute atomic E-state index is 15.4. The van der Waals surface area contributed by atoms with E-state index in [0.717, 1.165) is 16.2 Å². The van der Waals surface area contributed by atoms with Gasteiger partial charge in [-0.3, -0.25) is 9.69 Å². The third kappa shape index (κ3) is 5.35. The van der Waals surface area contributed by atoms with Gasteiger partial charge in [0.1, 0.15) is 22.5 Å². The monoisotopic (exact) mass is 568 g/mol. The highest BCUT2D eigenvalue weighted by molar-refractivity contribution is 7.16. The summed E-state index contributed by atoms with van der Waals surface area (Å²) in [7, 11) is 0. The van der Waals surface area contributed by atoms with Crippen LogP contribution in [0.1, 0.15) is 28.5 Å². The average molecular weight is 569 g/mol. The molecular formula is C28H29F2N7O2S. The molecule has 208 valence electrons. The molecule has 4 aromatic rings. The molecule has 0 saturated carbocycles. The predicted molar refractivity (Wildman–Crippen MR) is 150 cm³/mol. The highest BCUT2D eigenvalue weighted by Crippen LogP contribution is 2.39. The number of aryl methyl sites for hydroxylation is 1. The van der Waals surface area contributed by atoms with Gasteiger partial charge < -0.3 is 14.5 Å². The van der Waals surface area contributed by atoms with Gasteiger partial charge in [-0.2, -0.15) is 10.4 Å². The number of ether oxygens (including phenoxy) is 1. The van der Waals surface area contributed by atoms with Crippen molar-refractivity contribution in [3.05, 3.63) is 58.7 Å². The molecule has 12 heteroatoms. The zero-order valence-corrected chi connectivity index (χ0v) is 22.8. The number of halogens is 2. The lowest BCUT2D eigenvalue weighted by Gasteiger charge is -2.35. The van der Waals surface area contributed by atoms with Crippen LogP contribution >= 0.6 is 11.3 Å². The SMILES string of the molecule is [2H]C([2H])([2H])N(c1nc(-c2ccc(F)cc2)c(C#N)s1)c1c(CC)nn2cc(F)c(N3CCN(CC(=O)OCC)CC3)cc12. The van der Waals surface area contributed by atoms with Gasteiger partial charge in [0.05, 0.1) is 41.9 Å². The van der Waals surface area contributed by atoms with Crippen molar-refractivity contribution >= 4 is 39.3 Å². The number of nitriles is 1. The summed E-state index contributed by atoms with van der Waals surface area (Å²) in [5.41, 5.74) is 1.97. The molecule has 0 atom stereocenters.